The van der Waals surface area contributed by atoms with Gasteiger partial charge in [-0.05, 0) is 42.8 Å². The molecule has 1 heterocycles. The maximum absolute atomic E-state index is 11.9. The third kappa shape index (κ3) is 4.43. The summed E-state index contributed by atoms with van der Waals surface area (Å²) in [6.07, 6.45) is 1.03. The minimum atomic E-state index is -0.0521. The van der Waals surface area contributed by atoms with Gasteiger partial charge in [-0.2, -0.15) is 0 Å². The lowest BCUT2D eigenvalue weighted by Gasteiger charge is -2.06. The number of carbonyl (C=O) groups is 1. The number of halogens is 1. The molecule has 0 aliphatic rings. The number of nitrogens with zero attached hydrogens (tertiary/aromatic N) is 1. The van der Waals surface area contributed by atoms with Crippen LogP contribution in [0.15, 0.2) is 48.5 Å². The average Bonchev–Trinajstić information content (AvgIpc) is 2.95. The van der Waals surface area contributed by atoms with Crippen molar-refractivity contribution >= 4 is 44.2 Å². The lowest BCUT2D eigenvalue weighted by molar-refractivity contribution is -0.116. The van der Waals surface area contributed by atoms with E-state index in [-0.39, 0.29) is 5.91 Å². The summed E-state index contributed by atoms with van der Waals surface area (Å²) >= 11 is 7.28. The molecule has 0 aliphatic carbocycles. The van der Waals surface area contributed by atoms with Crippen LogP contribution in [0, 0.1) is 0 Å². The van der Waals surface area contributed by atoms with E-state index in [0.29, 0.717) is 29.6 Å². The highest BCUT2D eigenvalue weighted by Gasteiger charge is 2.07. The summed E-state index contributed by atoms with van der Waals surface area (Å²) in [6, 6.07) is 15.0. The Morgan fingerprint density at radius 3 is 2.74 bits per heavy atom. The lowest BCUT2D eigenvalue weighted by atomic mass is 10.3. The molecule has 1 aromatic heterocycles. The Labute approximate surface area is 143 Å². The van der Waals surface area contributed by atoms with Crippen molar-refractivity contribution in [2.24, 2.45) is 0 Å². The Kier molecular flexibility index (Phi) is 5.10. The molecule has 23 heavy (non-hydrogen) atoms. The number of anilines is 1. The molecule has 0 bridgehead atoms. The largest absolute Gasteiger partial charge is 0.494 e. The van der Waals surface area contributed by atoms with E-state index in [2.05, 4.69) is 10.3 Å². The standard InChI is InChI=1S/C17H15ClN2O2S/c18-12-7-9-13(10-8-12)22-11-3-6-16(21)20-17-19-14-4-1-2-5-15(14)23-17/h1-2,4-5,7-10H,3,6,11H2,(H,19,20,21). The second-order valence-electron chi connectivity index (χ2n) is 4.94. The molecule has 4 nitrogen and oxygen atoms in total. The highest BCUT2D eigenvalue weighted by Crippen LogP contribution is 2.25. The predicted octanol–water partition coefficient (Wildman–Crippen LogP) is 4.75. The molecule has 0 radical (unpaired) electrons. The molecular weight excluding hydrogens is 332 g/mol. The summed E-state index contributed by atoms with van der Waals surface area (Å²) in [5, 5.41) is 4.14. The number of hydrogen-bond donors (Lipinski definition) is 1. The Balaban J connectivity index is 1.43. The van der Waals surface area contributed by atoms with Crippen LogP contribution in [0.1, 0.15) is 12.8 Å². The van der Waals surface area contributed by atoms with Gasteiger partial charge in [-0.1, -0.05) is 35.1 Å². The van der Waals surface area contributed by atoms with Crippen LogP contribution in [0.5, 0.6) is 5.75 Å². The number of amides is 1. The molecule has 0 aliphatic heterocycles. The van der Waals surface area contributed by atoms with Crippen LogP contribution in [0.4, 0.5) is 5.13 Å². The van der Waals surface area contributed by atoms with E-state index in [9.17, 15) is 4.79 Å². The Morgan fingerprint density at radius 1 is 1.17 bits per heavy atom. The number of ether oxygens (including phenoxy) is 1. The number of hydrogen-bond acceptors (Lipinski definition) is 4. The monoisotopic (exact) mass is 346 g/mol. The average molecular weight is 347 g/mol. The summed E-state index contributed by atoms with van der Waals surface area (Å²) in [6.45, 7) is 0.481. The predicted molar refractivity (Wildman–Crippen MR) is 94.4 cm³/mol. The molecule has 3 aromatic rings. The highest BCUT2D eigenvalue weighted by molar-refractivity contribution is 7.22. The fourth-order valence-corrected chi connectivity index (χ4v) is 3.07. The number of para-hydroxylation sites is 1. The van der Waals surface area contributed by atoms with E-state index in [1.54, 1.807) is 12.1 Å². The Bertz CT molecular complexity index is 769. The molecule has 6 heteroatoms. The van der Waals surface area contributed by atoms with E-state index in [1.165, 1.54) is 11.3 Å². The van der Waals surface area contributed by atoms with Crippen molar-refractivity contribution in [3.63, 3.8) is 0 Å². The van der Waals surface area contributed by atoms with Crippen molar-refractivity contribution in [1.82, 2.24) is 4.98 Å². The van der Waals surface area contributed by atoms with E-state index in [0.717, 1.165) is 16.0 Å². The van der Waals surface area contributed by atoms with Gasteiger partial charge in [0.05, 0.1) is 16.8 Å². The summed E-state index contributed by atoms with van der Waals surface area (Å²) in [5.41, 5.74) is 0.902. The number of carbonyl (C=O) groups excluding carboxylic acids is 1. The second kappa shape index (κ2) is 7.44. The molecular formula is C17H15ClN2O2S. The van der Waals surface area contributed by atoms with E-state index < -0.39 is 0 Å². The van der Waals surface area contributed by atoms with Gasteiger partial charge in [0.25, 0.3) is 0 Å². The Morgan fingerprint density at radius 2 is 1.96 bits per heavy atom. The van der Waals surface area contributed by atoms with E-state index in [1.807, 2.05) is 36.4 Å². The molecule has 0 atom stereocenters. The van der Waals surface area contributed by atoms with Crippen LogP contribution in [0.2, 0.25) is 5.02 Å². The first-order valence-corrected chi connectivity index (χ1v) is 8.44. The zero-order valence-corrected chi connectivity index (χ0v) is 13.9. The molecule has 0 fully saturated rings. The number of nitrogens with one attached hydrogen (secondary N) is 1. The SMILES string of the molecule is O=C(CCCOc1ccc(Cl)cc1)Nc1nc2ccccc2s1. The molecule has 3 rings (SSSR count). The number of benzene rings is 2. The van der Waals surface area contributed by atoms with E-state index >= 15 is 0 Å². The third-order valence-corrected chi connectivity index (χ3v) is 4.37. The lowest BCUT2D eigenvalue weighted by Crippen LogP contribution is -2.12. The van der Waals surface area contributed by atoms with Gasteiger partial charge in [-0.3, -0.25) is 4.79 Å². The normalized spacial score (nSPS) is 10.7. The molecule has 118 valence electrons. The molecule has 0 saturated heterocycles. The van der Waals surface area contributed by atoms with Crippen molar-refractivity contribution in [3.8, 4) is 5.75 Å². The van der Waals surface area contributed by atoms with Gasteiger partial charge >= 0.3 is 0 Å². The van der Waals surface area contributed by atoms with Crippen molar-refractivity contribution in [2.75, 3.05) is 11.9 Å². The Hall–Kier alpha value is -2.11. The van der Waals surface area contributed by atoms with Crippen LogP contribution >= 0.6 is 22.9 Å². The zero-order valence-electron chi connectivity index (χ0n) is 12.3. The van der Waals surface area contributed by atoms with Crippen LogP contribution in [0.3, 0.4) is 0 Å². The number of fused-ring (bicyclic) bond motifs is 1. The maximum Gasteiger partial charge on any atom is 0.226 e. The molecule has 0 unspecified atom stereocenters. The maximum atomic E-state index is 11.9. The van der Waals surface area contributed by atoms with Crippen molar-refractivity contribution in [2.45, 2.75) is 12.8 Å². The second-order valence-corrected chi connectivity index (χ2v) is 6.41. The van der Waals surface area contributed by atoms with Crippen molar-refractivity contribution in [3.05, 3.63) is 53.6 Å². The number of rotatable bonds is 6. The molecule has 2 aromatic carbocycles. The smallest absolute Gasteiger partial charge is 0.226 e. The van der Waals surface area contributed by atoms with Crippen LogP contribution in [0.25, 0.3) is 10.2 Å². The van der Waals surface area contributed by atoms with Gasteiger partial charge in [0.2, 0.25) is 5.91 Å². The number of aromatic nitrogens is 1. The van der Waals surface area contributed by atoms with Gasteiger partial charge in [-0.25, -0.2) is 4.98 Å². The molecule has 1 amide bonds. The first-order chi connectivity index (χ1) is 11.2. The first-order valence-electron chi connectivity index (χ1n) is 7.24. The van der Waals surface area contributed by atoms with Gasteiger partial charge < -0.3 is 10.1 Å². The van der Waals surface area contributed by atoms with Crippen molar-refractivity contribution < 1.29 is 9.53 Å². The van der Waals surface area contributed by atoms with Crippen LogP contribution in [-0.4, -0.2) is 17.5 Å². The molecule has 1 N–H and O–H groups in total. The van der Waals surface area contributed by atoms with E-state index in [4.69, 9.17) is 16.3 Å². The fourth-order valence-electron chi connectivity index (χ4n) is 2.06. The first kappa shape index (κ1) is 15.8. The highest BCUT2D eigenvalue weighted by atomic mass is 35.5. The van der Waals surface area contributed by atoms with Gasteiger partial charge in [-0.15, -0.1) is 0 Å². The minimum Gasteiger partial charge on any atom is -0.494 e. The zero-order chi connectivity index (χ0) is 16.1. The fraction of sp³-hybridized carbons (Fsp3) is 0.176. The van der Waals surface area contributed by atoms with Gasteiger partial charge in [0.15, 0.2) is 5.13 Å². The summed E-state index contributed by atoms with van der Waals surface area (Å²) < 4.78 is 6.62. The summed E-state index contributed by atoms with van der Waals surface area (Å²) in [5.74, 6) is 0.699. The minimum absolute atomic E-state index is 0.0521. The molecule has 0 spiro atoms. The number of thiazole rings is 1. The quantitative estimate of drug-likeness (QED) is 0.655. The van der Waals surface area contributed by atoms with Crippen LogP contribution < -0.4 is 10.1 Å². The summed E-state index contributed by atoms with van der Waals surface area (Å²) in [7, 11) is 0. The van der Waals surface area contributed by atoms with Gasteiger partial charge in [0, 0.05) is 11.4 Å². The van der Waals surface area contributed by atoms with Crippen molar-refractivity contribution in [1.29, 1.82) is 0 Å². The molecule has 0 saturated carbocycles. The summed E-state index contributed by atoms with van der Waals surface area (Å²) in [4.78, 5) is 16.3. The van der Waals surface area contributed by atoms with Gasteiger partial charge in [0.1, 0.15) is 5.75 Å². The van der Waals surface area contributed by atoms with Crippen LogP contribution in [-0.2, 0) is 4.79 Å². The topological polar surface area (TPSA) is 51.2 Å². The third-order valence-electron chi connectivity index (χ3n) is 3.17.